The van der Waals surface area contributed by atoms with E-state index in [0.717, 1.165) is 21.9 Å². The Morgan fingerprint density at radius 1 is 1.27 bits per heavy atom. The lowest BCUT2D eigenvalue weighted by atomic mass is 10.1. The first kappa shape index (κ1) is 23.2. The number of rotatable bonds is 8. The van der Waals surface area contributed by atoms with Crippen molar-refractivity contribution in [3.63, 3.8) is 0 Å². The third-order valence-electron chi connectivity index (χ3n) is 3.24. The summed E-state index contributed by atoms with van der Waals surface area (Å²) in [5, 5.41) is 12.9. The highest BCUT2D eigenvalue weighted by Gasteiger charge is 2.18. The maximum absolute atomic E-state index is 11.7. The lowest BCUT2D eigenvalue weighted by Gasteiger charge is -2.21. The van der Waals surface area contributed by atoms with Gasteiger partial charge in [-0.05, 0) is 90.8 Å². The zero-order valence-electron chi connectivity index (χ0n) is 15.9. The maximum Gasteiger partial charge on any atom is 0.407 e. The highest BCUT2D eigenvalue weighted by Crippen LogP contribution is 2.36. The van der Waals surface area contributed by atoms with Crippen LogP contribution in [0.25, 0.3) is 0 Å². The normalized spacial score (nSPS) is 12.8. The highest BCUT2D eigenvalue weighted by atomic mass is 79.9. The van der Waals surface area contributed by atoms with Gasteiger partial charge in [-0.1, -0.05) is 0 Å². The Morgan fingerprint density at radius 3 is 2.35 bits per heavy atom. The molecule has 148 valence electrons. The molecule has 0 heterocycles. The molecule has 0 radical (unpaired) electrons. The van der Waals surface area contributed by atoms with Crippen molar-refractivity contribution in [1.29, 1.82) is 0 Å². The molecule has 0 aromatic heterocycles. The van der Waals surface area contributed by atoms with Crippen molar-refractivity contribution in [1.82, 2.24) is 10.2 Å². The van der Waals surface area contributed by atoms with E-state index in [1.807, 2.05) is 14.1 Å². The number of aliphatic hydroxyl groups excluding tert-OH is 1. The summed E-state index contributed by atoms with van der Waals surface area (Å²) >= 11 is 6.96. The predicted molar refractivity (Wildman–Crippen MR) is 110 cm³/mol. The molecule has 8 heteroatoms. The molecule has 1 rings (SSSR count). The topological polar surface area (TPSA) is 71.0 Å². The van der Waals surface area contributed by atoms with Gasteiger partial charge in [0.15, 0.2) is 0 Å². The van der Waals surface area contributed by atoms with E-state index in [9.17, 15) is 9.90 Å². The molecule has 0 bridgehead atoms. The summed E-state index contributed by atoms with van der Waals surface area (Å²) in [4.78, 5) is 13.8. The summed E-state index contributed by atoms with van der Waals surface area (Å²) in [5.41, 5.74) is 0.0765. The van der Waals surface area contributed by atoms with E-state index in [1.54, 1.807) is 32.9 Å². The molecule has 1 aromatic rings. The molecule has 0 aliphatic rings. The summed E-state index contributed by atoms with van der Waals surface area (Å²) in [6.45, 7) is 6.95. The van der Waals surface area contributed by atoms with Crippen LogP contribution in [0.4, 0.5) is 4.79 Å². The fourth-order valence-electron chi connectivity index (χ4n) is 2.08. The molecular weight excluding hydrogens is 468 g/mol. The molecule has 0 unspecified atom stereocenters. The van der Waals surface area contributed by atoms with E-state index in [2.05, 4.69) is 42.1 Å². The van der Waals surface area contributed by atoms with Gasteiger partial charge in [0.2, 0.25) is 0 Å². The Kier molecular flexibility index (Phi) is 9.36. The third kappa shape index (κ3) is 8.70. The van der Waals surface area contributed by atoms with Crippen LogP contribution in [0.1, 0.15) is 38.9 Å². The van der Waals surface area contributed by atoms with Crippen molar-refractivity contribution in [2.24, 2.45) is 0 Å². The number of nitrogens with zero attached hydrogens (tertiary/aromatic N) is 1. The van der Waals surface area contributed by atoms with Gasteiger partial charge < -0.3 is 24.8 Å². The fourth-order valence-corrected chi connectivity index (χ4v) is 3.53. The first-order valence-electron chi connectivity index (χ1n) is 8.41. The van der Waals surface area contributed by atoms with Gasteiger partial charge in [-0.25, -0.2) is 4.79 Å². The molecule has 0 aliphatic heterocycles. The molecular formula is C18H28Br2N2O4. The van der Waals surface area contributed by atoms with E-state index in [-0.39, 0.29) is 6.54 Å². The van der Waals surface area contributed by atoms with E-state index in [4.69, 9.17) is 9.47 Å². The Labute approximate surface area is 172 Å². The van der Waals surface area contributed by atoms with Crippen molar-refractivity contribution >= 4 is 38.0 Å². The molecule has 2 N–H and O–H groups in total. The summed E-state index contributed by atoms with van der Waals surface area (Å²) in [5.74, 6) is 0.694. The number of nitrogens with one attached hydrogen (secondary N) is 1. The number of carbonyl (C=O) groups excluding carboxylic acids is 1. The number of alkyl carbamates (subject to hydrolysis) is 1. The number of hydrogen-bond acceptors (Lipinski definition) is 5. The van der Waals surface area contributed by atoms with Crippen molar-refractivity contribution in [2.45, 2.75) is 38.9 Å². The lowest BCUT2D eigenvalue weighted by molar-refractivity contribution is 0.0491. The minimum Gasteiger partial charge on any atom is -0.491 e. The SMILES string of the molecule is CN(C)CCCOc1c(Br)cc([C@H](O)CNC(=O)OC(C)(C)C)cc1Br. The van der Waals surface area contributed by atoms with Crippen LogP contribution >= 0.6 is 31.9 Å². The molecule has 1 amide bonds. The standard InChI is InChI=1S/C18H28Br2N2O4/c1-18(2,3)26-17(24)21-11-15(23)12-9-13(19)16(14(20)10-12)25-8-6-7-22(4)5/h9-10,15,23H,6-8,11H2,1-5H3,(H,21,24)/t15-/m1/s1. The van der Waals surface area contributed by atoms with Crippen LogP contribution in [-0.2, 0) is 4.74 Å². The van der Waals surface area contributed by atoms with Crippen LogP contribution in [0.2, 0.25) is 0 Å². The molecule has 0 aliphatic carbocycles. The van der Waals surface area contributed by atoms with Crippen LogP contribution in [0.15, 0.2) is 21.1 Å². The van der Waals surface area contributed by atoms with Crippen LogP contribution < -0.4 is 10.1 Å². The van der Waals surface area contributed by atoms with Gasteiger partial charge in [0.25, 0.3) is 0 Å². The molecule has 1 aromatic carbocycles. The van der Waals surface area contributed by atoms with E-state index >= 15 is 0 Å². The van der Waals surface area contributed by atoms with E-state index < -0.39 is 17.8 Å². The minimum atomic E-state index is -0.863. The average Bonchev–Trinajstić information content (AvgIpc) is 2.49. The van der Waals surface area contributed by atoms with Gasteiger partial charge in [-0.3, -0.25) is 0 Å². The maximum atomic E-state index is 11.7. The Balaban J connectivity index is 2.63. The quantitative estimate of drug-likeness (QED) is 0.531. The highest BCUT2D eigenvalue weighted by molar-refractivity contribution is 9.11. The second-order valence-corrected chi connectivity index (χ2v) is 8.93. The summed E-state index contributed by atoms with van der Waals surface area (Å²) in [6, 6.07) is 3.57. The Morgan fingerprint density at radius 2 is 1.85 bits per heavy atom. The van der Waals surface area contributed by atoms with Crippen molar-refractivity contribution in [3.8, 4) is 5.75 Å². The second kappa shape index (κ2) is 10.5. The molecule has 0 spiro atoms. The van der Waals surface area contributed by atoms with Crippen molar-refractivity contribution in [3.05, 3.63) is 26.6 Å². The average molecular weight is 496 g/mol. The number of hydrogen-bond donors (Lipinski definition) is 2. The summed E-state index contributed by atoms with van der Waals surface area (Å²) in [7, 11) is 4.04. The number of halogens is 2. The lowest BCUT2D eigenvalue weighted by Crippen LogP contribution is -2.34. The van der Waals surface area contributed by atoms with Gasteiger partial charge in [0, 0.05) is 6.54 Å². The number of benzene rings is 1. The summed E-state index contributed by atoms with van der Waals surface area (Å²) in [6.07, 6.45) is -0.510. The van der Waals surface area contributed by atoms with Crippen LogP contribution in [0.3, 0.4) is 0 Å². The number of amides is 1. The molecule has 0 saturated carbocycles. The van der Waals surface area contributed by atoms with E-state index in [0.29, 0.717) is 17.9 Å². The van der Waals surface area contributed by atoms with Gasteiger partial charge >= 0.3 is 6.09 Å². The van der Waals surface area contributed by atoms with Gasteiger partial charge in [-0.15, -0.1) is 0 Å². The number of carbonyl (C=O) groups is 1. The zero-order chi connectivity index (χ0) is 19.9. The van der Waals surface area contributed by atoms with Gasteiger partial charge in [0.05, 0.1) is 28.2 Å². The minimum absolute atomic E-state index is 0.0524. The molecule has 6 nitrogen and oxygen atoms in total. The Hall–Kier alpha value is -0.830. The molecule has 26 heavy (non-hydrogen) atoms. The van der Waals surface area contributed by atoms with Crippen LogP contribution in [0, 0.1) is 0 Å². The number of ether oxygens (including phenoxy) is 2. The van der Waals surface area contributed by atoms with E-state index in [1.165, 1.54) is 0 Å². The van der Waals surface area contributed by atoms with Gasteiger partial charge in [0.1, 0.15) is 11.4 Å². The monoisotopic (exact) mass is 494 g/mol. The van der Waals surface area contributed by atoms with Crippen LogP contribution in [-0.4, -0.2) is 55.5 Å². The molecule has 0 fully saturated rings. The second-order valence-electron chi connectivity index (χ2n) is 7.22. The first-order valence-corrected chi connectivity index (χ1v) is 9.99. The summed E-state index contributed by atoms with van der Waals surface area (Å²) < 4.78 is 12.5. The van der Waals surface area contributed by atoms with Crippen molar-refractivity contribution in [2.75, 3.05) is 33.8 Å². The molecule has 1 atom stereocenters. The fraction of sp³-hybridized carbons (Fsp3) is 0.611. The predicted octanol–water partition coefficient (Wildman–Crippen LogP) is 4.10. The van der Waals surface area contributed by atoms with Crippen LogP contribution in [0.5, 0.6) is 5.75 Å². The third-order valence-corrected chi connectivity index (χ3v) is 4.42. The molecule has 0 saturated heterocycles. The largest absolute Gasteiger partial charge is 0.491 e. The van der Waals surface area contributed by atoms with Crippen molar-refractivity contribution < 1.29 is 19.4 Å². The number of aliphatic hydroxyl groups is 1. The first-order chi connectivity index (χ1) is 12.0. The smallest absolute Gasteiger partial charge is 0.407 e. The zero-order valence-corrected chi connectivity index (χ0v) is 19.1. The Bertz CT molecular complexity index is 580. The van der Waals surface area contributed by atoms with Gasteiger partial charge in [-0.2, -0.15) is 0 Å².